The smallest absolute Gasteiger partial charge is 0.254 e. The van der Waals surface area contributed by atoms with Crippen molar-refractivity contribution in [1.29, 1.82) is 0 Å². The fourth-order valence-electron chi connectivity index (χ4n) is 3.77. The number of rotatable bonds is 3. The number of fused-ring (bicyclic) bond motifs is 1. The quantitative estimate of drug-likeness (QED) is 0.691. The van der Waals surface area contributed by atoms with Gasteiger partial charge in [-0.1, -0.05) is 26.8 Å². The van der Waals surface area contributed by atoms with Crippen LogP contribution in [0.1, 0.15) is 61.4 Å². The highest BCUT2D eigenvalue weighted by atomic mass is 16.5. The van der Waals surface area contributed by atoms with Gasteiger partial charge in [0.1, 0.15) is 5.75 Å². The van der Waals surface area contributed by atoms with Crippen molar-refractivity contribution in [3.8, 4) is 5.75 Å². The Bertz CT molecular complexity index is 1020. The Balaban J connectivity index is 1.72. The van der Waals surface area contributed by atoms with Gasteiger partial charge in [0.15, 0.2) is 5.65 Å². The number of methoxy groups -OCH3 is 1. The van der Waals surface area contributed by atoms with Gasteiger partial charge in [-0.15, -0.1) is 0 Å². The highest BCUT2D eigenvalue weighted by Crippen LogP contribution is 2.34. The second-order valence-corrected chi connectivity index (χ2v) is 8.31. The van der Waals surface area contributed by atoms with E-state index in [2.05, 4.69) is 25.8 Å². The standard InChI is InChI=1S/C22H26N4O2/c1-22(2,3)19-14-20-23-11-10-18(26(20)24-19)17-9-6-12-25(17)21(27)15-7-5-8-16(13-15)28-4/h5,7-8,10-11,13-14,17H,6,9,12H2,1-4H3. The SMILES string of the molecule is COc1cccc(C(=O)N2CCCC2c2ccnc3cc(C(C)(C)C)nn23)c1. The molecule has 0 aliphatic carbocycles. The number of likely N-dealkylation sites (tertiary alicyclic amines) is 1. The molecular weight excluding hydrogens is 352 g/mol. The van der Waals surface area contributed by atoms with Crippen LogP contribution >= 0.6 is 0 Å². The number of ether oxygens (including phenoxy) is 1. The lowest BCUT2D eigenvalue weighted by atomic mass is 9.93. The van der Waals surface area contributed by atoms with Gasteiger partial charge in [0.05, 0.1) is 24.5 Å². The first-order valence-electron chi connectivity index (χ1n) is 9.68. The fourth-order valence-corrected chi connectivity index (χ4v) is 3.77. The fraction of sp³-hybridized carbons (Fsp3) is 0.409. The van der Waals surface area contributed by atoms with Crippen LogP contribution in [0.3, 0.4) is 0 Å². The van der Waals surface area contributed by atoms with Crippen LogP contribution in [-0.4, -0.2) is 39.1 Å². The molecule has 3 aromatic rings. The molecule has 4 rings (SSSR count). The van der Waals surface area contributed by atoms with Crippen molar-refractivity contribution in [3.63, 3.8) is 0 Å². The zero-order valence-electron chi connectivity index (χ0n) is 16.8. The van der Waals surface area contributed by atoms with E-state index in [-0.39, 0.29) is 17.4 Å². The van der Waals surface area contributed by atoms with Gasteiger partial charge in [-0.25, -0.2) is 9.50 Å². The molecule has 1 aromatic carbocycles. The Morgan fingerprint density at radius 1 is 1.21 bits per heavy atom. The number of hydrogen-bond acceptors (Lipinski definition) is 4. The molecule has 6 heteroatoms. The van der Waals surface area contributed by atoms with Gasteiger partial charge in [-0.3, -0.25) is 4.79 Å². The molecule has 2 aromatic heterocycles. The van der Waals surface area contributed by atoms with Crippen LogP contribution in [0.2, 0.25) is 0 Å². The average Bonchev–Trinajstić information content (AvgIpc) is 3.34. The van der Waals surface area contributed by atoms with Gasteiger partial charge in [0, 0.05) is 29.8 Å². The summed E-state index contributed by atoms with van der Waals surface area (Å²) in [5, 5.41) is 4.82. The molecule has 0 N–H and O–H groups in total. The predicted molar refractivity (Wildman–Crippen MR) is 108 cm³/mol. The number of carbonyl (C=O) groups is 1. The Labute approximate surface area is 165 Å². The molecule has 0 spiro atoms. The van der Waals surface area contributed by atoms with Crippen molar-refractivity contribution in [3.05, 3.63) is 59.5 Å². The van der Waals surface area contributed by atoms with Crippen molar-refractivity contribution >= 4 is 11.6 Å². The summed E-state index contributed by atoms with van der Waals surface area (Å²) < 4.78 is 7.18. The summed E-state index contributed by atoms with van der Waals surface area (Å²) in [6.45, 7) is 7.16. The number of hydrogen-bond donors (Lipinski definition) is 0. The summed E-state index contributed by atoms with van der Waals surface area (Å²) >= 11 is 0. The third kappa shape index (κ3) is 3.23. The van der Waals surface area contributed by atoms with Crippen LogP contribution in [-0.2, 0) is 5.41 Å². The maximum Gasteiger partial charge on any atom is 0.254 e. The molecular formula is C22H26N4O2. The minimum atomic E-state index is -0.0588. The van der Waals surface area contributed by atoms with E-state index in [0.29, 0.717) is 11.3 Å². The van der Waals surface area contributed by atoms with E-state index >= 15 is 0 Å². The van der Waals surface area contributed by atoms with Gasteiger partial charge in [0.25, 0.3) is 5.91 Å². The molecule has 28 heavy (non-hydrogen) atoms. The van der Waals surface area contributed by atoms with Gasteiger partial charge in [0.2, 0.25) is 0 Å². The largest absolute Gasteiger partial charge is 0.497 e. The molecule has 0 saturated carbocycles. The topological polar surface area (TPSA) is 59.7 Å². The molecule has 1 amide bonds. The Morgan fingerprint density at radius 2 is 2.04 bits per heavy atom. The van der Waals surface area contributed by atoms with Crippen LogP contribution in [0.5, 0.6) is 5.75 Å². The van der Waals surface area contributed by atoms with Crippen molar-refractivity contribution in [1.82, 2.24) is 19.5 Å². The van der Waals surface area contributed by atoms with E-state index in [1.807, 2.05) is 45.9 Å². The van der Waals surface area contributed by atoms with Crippen molar-refractivity contribution in [2.24, 2.45) is 0 Å². The van der Waals surface area contributed by atoms with Gasteiger partial charge in [-0.2, -0.15) is 5.10 Å². The van der Waals surface area contributed by atoms with E-state index < -0.39 is 0 Å². The Hall–Kier alpha value is -2.89. The van der Waals surface area contributed by atoms with E-state index in [9.17, 15) is 4.79 Å². The third-order valence-electron chi connectivity index (χ3n) is 5.33. The molecule has 1 unspecified atom stereocenters. The average molecular weight is 378 g/mol. The van der Waals surface area contributed by atoms with Crippen molar-refractivity contribution in [2.75, 3.05) is 13.7 Å². The Morgan fingerprint density at radius 3 is 2.79 bits per heavy atom. The first-order chi connectivity index (χ1) is 13.4. The van der Waals surface area contributed by atoms with Crippen LogP contribution in [0, 0.1) is 0 Å². The number of benzene rings is 1. The van der Waals surface area contributed by atoms with Gasteiger partial charge in [-0.05, 0) is 37.1 Å². The van der Waals surface area contributed by atoms with E-state index in [0.717, 1.165) is 36.4 Å². The maximum atomic E-state index is 13.2. The molecule has 1 atom stereocenters. The van der Waals surface area contributed by atoms with Crippen LogP contribution < -0.4 is 4.74 Å². The molecule has 146 valence electrons. The zero-order chi connectivity index (χ0) is 19.9. The summed E-state index contributed by atoms with van der Waals surface area (Å²) in [6.07, 6.45) is 3.70. The monoisotopic (exact) mass is 378 g/mol. The van der Waals surface area contributed by atoms with Crippen LogP contribution in [0.4, 0.5) is 0 Å². The highest BCUT2D eigenvalue weighted by molar-refractivity contribution is 5.95. The predicted octanol–water partition coefficient (Wildman–Crippen LogP) is 4.01. The number of carbonyl (C=O) groups excluding carboxylic acids is 1. The summed E-state index contributed by atoms with van der Waals surface area (Å²) in [4.78, 5) is 19.6. The first kappa shape index (κ1) is 18.5. The van der Waals surface area contributed by atoms with Gasteiger partial charge >= 0.3 is 0 Å². The van der Waals surface area contributed by atoms with E-state index in [4.69, 9.17) is 9.84 Å². The minimum absolute atomic E-state index is 0.0167. The lowest BCUT2D eigenvalue weighted by Gasteiger charge is -2.25. The van der Waals surface area contributed by atoms with Gasteiger partial charge < -0.3 is 9.64 Å². The summed E-state index contributed by atoms with van der Waals surface area (Å²) in [6, 6.07) is 11.3. The van der Waals surface area contributed by atoms with E-state index in [1.165, 1.54) is 0 Å². The molecule has 1 saturated heterocycles. The molecule has 0 bridgehead atoms. The number of amides is 1. The normalized spacial score (nSPS) is 17.3. The highest BCUT2D eigenvalue weighted by Gasteiger charge is 2.33. The van der Waals surface area contributed by atoms with Crippen molar-refractivity contribution < 1.29 is 9.53 Å². The summed E-state index contributed by atoms with van der Waals surface area (Å²) in [5.74, 6) is 0.712. The number of nitrogens with zero attached hydrogens (tertiary/aromatic N) is 4. The van der Waals surface area contributed by atoms with E-state index in [1.54, 1.807) is 13.2 Å². The van der Waals surface area contributed by atoms with Crippen LogP contribution in [0.25, 0.3) is 5.65 Å². The maximum absolute atomic E-state index is 13.2. The second kappa shape index (κ2) is 6.93. The zero-order valence-corrected chi connectivity index (χ0v) is 16.8. The molecule has 1 fully saturated rings. The third-order valence-corrected chi connectivity index (χ3v) is 5.33. The second-order valence-electron chi connectivity index (χ2n) is 8.31. The lowest BCUT2D eigenvalue weighted by molar-refractivity contribution is 0.0731. The van der Waals surface area contributed by atoms with Crippen LogP contribution in [0.15, 0.2) is 42.6 Å². The number of aromatic nitrogens is 3. The molecule has 3 heterocycles. The molecule has 0 radical (unpaired) electrons. The molecule has 1 aliphatic heterocycles. The summed E-state index contributed by atoms with van der Waals surface area (Å²) in [5.41, 5.74) is 3.41. The summed E-state index contributed by atoms with van der Waals surface area (Å²) in [7, 11) is 1.61. The molecule has 6 nitrogen and oxygen atoms in total. The lowest BCUT2D eigenvalue weighted by Crippen LogP contribution is -2.31. The Kier molecular flexibility index (Phi) is 4.57. The molecule has 1 aliphatic rings. The van der Waals surface area contributed by atoms with Crippen molar-refractivity contribution in [2.45, 2.75) is 45.1 Å². The minimum Gasteiger partial charge on any atom is -0.497 e. The first-order valence-corrected chi connectivity index (χ1v) is 9.68.